The van der Waals surface area contributed by atoms with Crippen LogP contribution in [-0.4, -0.2) is 18.6 Å². The van der Waals surface area contributed by atoms with Crippen LogP contribution in [-0.2, 0) is 4.79 Å². The van der Waals surface area contributed by atoms with E-state index in [-0.39, 0.29) is 11.9 Å². The van der Waals surface area contributed by atoms with Crippen LogP contribution >= 0.6 is 0 Å². The molecule has 0 saturated carbocycles. The lowest BCUT2D eigenvalue weighted by molar-refractivity contribution is -0.122. The topological polar surface area (TPSA) is 64.3 Å². The summed E-state index contributed by atoms with van der Waals surface area (Å²) in [6.07, 6.45) is 1.43. The Morgan fingerprint density at radius 3 is 2.53 bits per heavy atom. The summed E-state index contributed by atoms with van der Waals surface area (Å²) in [7, 11) is 0. The number of ether oxygens (including phenoxy) is 1. The lowest BCUT2D eigenvalue weighted by atomic mass is 10.0. The van der Waals surface area contributed by atoms with Crippen molar-refractivity contribution in [3.63, 3.8) is 0 Å². The van der Waals surface area contributed by atoms with E-state index in [9.17, 15) is 4.79 Å². The number of nitrogen functional groups attached to an aromatic ring is 1. The van der Waals surface area contributed by atoms with Gasteiger partial charge >= 0.3 is 0 Å². The average molecular weight is 264 g/mol. The molecule has 1 aromatic rings. The number of nitrogens with two attached hydrogens (primary N) is 1. The van der Waals surface area contributed by atoms with Gasteiger partial charge in [0.1, 0.15) is 5.75 Å². The van der Waals surface area contributed by atoms with E-state index in [1.54, 1.807) is 24.3 Å². The minimum atomic E-state index is 0.0308. The van der Waals surface area contributed by atoms with E-state index < -0.39 is 0 Å². The summed E-state index contributed by atoms with van der Waals surface area (Å²) in [5, 5.41) is 2.99. The van der Waals surface area contributed by atoms with Crippen molar-refractivity contribution in [3.8, 4) is 5.75 Å². The van der Waals surface area contributed by atoms with Gasteiger partial charge in [-0.3, -0.25) is 4.79 Å². The molecule has 2 atom stereocenters. The van der Waals surface area contributed by atoms with E-state index in [2.05, 4.69) is 19.2 Å². The zero-order chi connectivity index (χ0) is 14.3. The third kappa shape index (κ3) is 5.64. The summed E-state index contributed by atoms with van der Waals surface area (Å²) in [6, 6.07) is 7.36. The number of carbonyl (C=O) groups is 1. The van der Waals surface area contributed by atoms with Gasteiger partial charge < -0.3 is 15.8 Å². The van der Waals surface area contributed by atoms with Gasteiger partial charge in [0.05, 0.1) is 13.0 Å². The Kier molecular flexibility index (Phi) is 6.19. The Balaban J connectivity index is 2.25. The lowest BCUT2D eigenvalue weighted by Gasteiger charge is -2.19. The van der Waals surface area contributed by atoms with E-state index in [0.29, 0.717) is 24.6 Å². The van der Waals surface area contributed by atoms with Crippen LogP contribution in [0.1, 0.15) is 33.6 Å². The van der Waals surface area contributed by atoms with E-state index >= 15 is 0 Å². The molecule has 0 bridgehead atoms. The number of benzene rings is 1. The van der Waals surface area contributed by atoms with Gasteiger partial charge in [0, 0.05) is 11.7 Å². The summed E-state index contributed by atoms with van der Waals surface area (Å²) in [5.74, 6) is 1.25. The van der Waals surface area contributed by atoms with Crippen molar-refractivity contribution in [2.24, 2.45) is 5.92 Å². The predicted octanol–water partition coefficient (Wildman–Crippen LogP) is 2.59. The number of hydrogen-bond acceptors (Lipinski definition) is 3. The standard InChI is InChI=1S/C15H24N2O2/c1-4-11(2)12(3)17-15(18)9-10-19-14-7-5-13(16)6-8-14/h5-8,11-12H,4,9-10,16H2,1-3H3,(H,17,18). The van der Waals surface area contributed by atoms with E-state index in [0.717, 1.165) is 12.2 Å². The van der Waals surface area contributed by atoms with Crippen molar-refractivity contribution in [2.75, 3.05) is 12.3 Å². The average Bonchev–Trinajstić information content (AvgIpc) is 2.40. The molecule has 0 aromatic heterocycles. The number of amides is 1. The number of carbonyl (C=O) groups excluding carboxylic acids is 1. The highest BCUT2D eigenvalue weighted by molar-refractivity contribution is 5.76. The number of nitrogens with one attached hydrogen (secondary N) is 1. The lowest BCUT2D eigenvalue weighted by Crippen LogP contribution is -2.37. The van der Waals surface area contributed by atoms with Crippen LogP contribution in [0, 0.1) is 5.92 Å². The number of anilines is 1. The molecule has 0 fully saturated rings. The van der Waals surface area contributed by atoms with Crippen LogP contribution in [0.5, 0.6) is 5.75 Å². The monoisotopic (exact) mass is 264 g/mol. The molecule has 0 aliphatic rings. The highest BCUT2D eigenvalue weighted by Crippen LogP contribution is 2.13. The minimum Gasteiger partial charge on any atom is -0.493 e. The molecule has 0 saturated heterocycles. The van der Waals surface area contributed by atoms with Gasteiger partial charge in [-0.2, -0.15) is 0 Å². The molecular weight excluding hydrogens is 240 g/mol. The van der Waals surface area contributed by atoms with Crippen molar-refractivity contribution >= 4 is 11.6 Å². The summed E-state index contributed by atoms with van der Waals surface area (Å²) < 4.78 is 5.48. The zero-order valence-corrected chi connectivity index (χ0v) is 12.0. The Hall–Kier alpha value is -1.71. The SMILES string of the molecule is CCC(C)C(C)NC(=O)CCOc1ccc(N)cc1. The molecule has 1 amide bonds. The van der Waals surface area contributed by atoms with Crippen molar-refractivity contribution in [2.45, 2.75) is 39.7 Å². The maximum absolute atomic E-state index is 11.7. The molecule has 1 rings (SSSR count). The maximum atomic E-state index is 11.7. The molecular formula is C15H24N2O2. The first-order valence-electron chi connectivity index (χ1n) is 6.80. The summed E-state index contributed by atoms with van der Waals surface area (Å²) >= 11 is 0. The zero-order valence-electron chi connectivity index (χ0n) is 12.0. The molecule has 19 heavy (non-hydrogen) atoms. The first kappa shape index (κ1) is 15.3. The van der Waals surface area contributed by atoms with Crippen LogP contribution in [0.3, 0.4) is 0 Å². The van der Waals surface area contributed by atoms with Crippen LogP contribution in [0.15, 0.2) is 24.3 Å². The second kappa shape index (κ2) is 7.67. The Bertz CT molecular complexity index is 390. The maximum Gasteiger partial charge on any atom is 0.223 e. The molecule has 0 heterocycles. The van der Waals surface area contributed by atoms with Gasteiger partial charge in [-0.1, -0.05) is 20.3 Å². The molecule has 1 aromatic carbocycles. The van der Waals surface area contributed by atoms with Crippen molar-refractivity contribution in [3.05, 3.63) is 24.3 Å². The fourth-order valence-corrected chi connectivity index (χ4v) is 1.65. The van der Waals surface area contributed by atoms with Gasteiger partial charge in [0.15, 0.2) is 0 Å². The van der Waals surface area contributed by atoms with Crippen LogP contribution in [0.4, 0.5) is 5.69 Å². The quantitative estimate of drug-likeness (QED) is 0.744. The fraction of sp³-hybridized carbons (Fsp3) is 0.533. The van der Waals surface area contributed by atoms with Crippen LogP contribution < -0.4 is 15.8 Å². The second-order valence-electron chi connectivity index (χ2n) is 4.91. The van der Waals surface area contributed by atoms with Gasteiger partial charge in [0.25, 0.3) is 0 Å². The third-order valence-corrected chi connectivity index (χ3v) is 3.36. The smallest absolute Gasteiger partial charge is 0.223 e. The fourth-order valence-electron chi connectivity index (χ4n) is 1.65. The van der Waals surface area contributed by atoms with Crippen molar-refractivity contribution < 1.29 is 9.53 Å². The first-order chi connectivity index (χ1) is 9.02. The minimum absolute atomic E-state index is 0.0308. The highest BCUT2D eigenvalue weighted by atomic mass is 16.5. The van der Waals surface area contributed by atoms with Gasteiger partial charge in [-0.25, -0.2) is 0 Å². The molecule has 0 spiro atoms. The Morgan fingerprint density at radius 2 is 1.95 bits per heavy atom. The molecule has 2 unspecified atom stereocenters. The largest absolute Gasteiger partial charge is 0.493 e. The van der Waals surface area contributed by atoms with Crippen LogP contribution in [0.25, 0.3) is 0 Å². The Morgan fingerprint density at radius 1 is 1.32 bits per heavy atom. The molecule has 0 aliphatic heterocycles. The normalized spacial score (nSPS) is 13.6. The van der Waals surface area contributed by atoms with Crippen molar-refractivity contribution in [1.29, 1.82) is 0 Å². The van der Waals surface area contributed by atoms with Gasteiger partial charge in [-0.05, 0) is 37.1 Å². The Labute approximate surface area is 115 Å². The summed E-state index contributed by atoms with van der Waals surface area (Å²) in [5.41, 5.74) is 6.28. The molecule has 0 radical (unpaired) electrons. The molecule has 0 aliphatic carbocycles. The molecule has 3 N–H and O–H groups in total. The highest BCUT2D eigenvalue weighted by Gasteiger charge is 2.12. The van der Waals surface area contributed by atoms with E-state index in [1.165, 1.54) is 0 Å². The summed E-state index contributed by atoms with van der Waals surface area (Å²) in [4.78, 5) is 11.7. The van der Waals surface area contributed by atoms with Gasteiger partial charge in [0.2, 0.25) is 5.91 Å². The van der Waals surface area contributed by atoms with Crippen molar-refractivity contribution in [1.82, 2.24) is 5.32 Å². The molecule has 4 nitrogen and oxygen atoms in total. The summed E-state index contributed by atoms with van der Waals surface area (Å²) in [6.45, 7) is 6.67. The van der Waals surface area contributed by atoms with E-state index in [4.69, 9.17) is 10.5 Å². The third-order valence-electron chi connectivity index (χ3n) is 3.36. The number of hydrogen-bond donors (Lipinski definition) is 2. The predicted molar refractivity (Wildman–Crippen MR) is 78.0 cm³/mol. The second-order valence-corrected chi connectivity index (χ2v) is 4.91. The van der Waals surface area contributed by atoms with E-state index in [1.807, 2.05) is 6.92 Å². The van der Waals surface area contributed by atoms with Gasteiger partial charge in [-0.15, -0.1) is 0 Å². The number of rotatable bonds is 7. The molecule has 106 valence electrons. The first-order valence-corrected chi connectivity index (χ1v) is 6.80. The molecule has 4 heteroatoms. The van der Waals surface area contributed by atoms with Crippen LogP contribution in [0.2, 0.25) is 0 Å².